The molecule has 4 nitrogen and oxygen atoms in total. The third-order valence-corrected chi connectivity index (χ3v) is 9.93. The Bertz CT molecular complexity index is 2320. The van der Waals surface area contributed by atoms with E-state index in [1.807, 2.05) is 42.5 Å². The highest BCUT2D eigenvalue weighted by Crippen LogP contribution is 2.35. The maximum absolute atomic E-state index is 5.13. The number of allylic oxidation sites excluding steroid dienone is 20. The molecule has 0 amide bonds. The van der Waals surface area contributed by atoms with Crippen LogP contribution in [0.5, 0.6) is 0 Å². The molecule has 1 aromatic heterocycles. The van der Waals surface area contributed by atoms with Gasteiger partial charge in [-0.25, -0.2) is 9.97 Å². The summed E-state index contributed by atoms with van der Waals surface area (Å²) in [6.45, 7) is 13.1. The van der Waals surface area contributed by atoms with E-state index in [4.69, 9.17) is 9.97 Å². The van der Waals surface area contributed by atoms with Gasteiger partial charge in [-0.15, -0.1) is 0 Å². The normalized spacial score (nSPS) is 23.6. The summed E-state index contributed by atoms with van der Waals surface area (Å²) >= 11 is 0. The van der Waals surface area contributed by atoms with Crippen molar-refractivity contribution in [3.05, 3.63) is 240 Å². The smallest absolute Gasteiger partial charge is 0.228 e. The van der Waals surface area contributed by atoms with Crippen molar-refractivity contribution in [1.82, 2.24) is 9.97 Å². The Morgan fingerprint density at radius 2 is 1.34 bits per heavy atom. The highest BCUT2D eigenvalue weighted by Gasteiger charge is 2.21. The largest absolute Gasteiger partial charge is 0.324 e. The van der Waals surface area contributed by atoms with Crippen molar-refractivity contribution in [1.29, 1.82) is 0 Å². The molecule has 290 valence electrons. The highest BCUT2D eigenvalue weighted by molar-refractivity contribution is 5.71. The maximum atomic E-state index is 5.13. The molecule has 0 fully saturated rings. The Morgan fingerprint density at radius 1 is 0.724 bits per heavy atom. The molecule has 58 heavy (non-hydrogen) atoms. The van der Waals surface area contributed by atoms with Gasteiger partial charge in [-0.3, -0.25) is 0 Å². The Hall–Kier alpha value is -6.78. The molecule has 2 aliphatic rings. The van der Waals surface area contributed by atoms with E-state index in [0.29, 0.717) is 5.95 Å². The number of nitrogens with zero attached hydrogens (tertiary/aromatic N) is 3. The van der Waals surface area contributed by atoms with Gasteiger partial charge in [0.2, 0.25) is 5.95 Å². The van der Waals surface area contributed by atoms with Crippen LogP contribution in [0.15, 0.2) is 240 Å². The van der Waals surface area contributed by atoms with Gasteiger partial charge < -0.3 is 10.2 Å². The first kappa shape index (κ1) is 40.9. The van der Waals surface area contributed by atoms with E-state index in [1.165, 1.54) is 5.57 Å². The summed E-state index contributed by atoms with van der Waals surface area (Å²) in [5.41, 5.74) is 12.6. The average Bonchev–Trinajstić information content (AvgIpc) is 3.25. The molecular formula is C54H54N4. The average molecular weight is 759 g/mol. The van der Waals surface area contributed by atoms with Gasteiger partial charge in [0, 0.05) is 39.5 Å². The van der Waals surface area contributed by atoms with Gasteiger partial charge in [-0.2, -0.15) is 0 Å². The van der Waals surface area contributed by atoms with Crippen LogP contribution >= 0.6 is 0 Å². The second-order valence-electron chi connectivity index (χ2n) is 14.4. The first-order chi connectivity index (χ1) is 28.5. The first-order valence-corrected chi connectivity index (χ1v) is 20.2. The van der Waals surface area contributed by atoms with E-state index in [-0.39, 0.29) is 5.92 Å². The predicted molar refractivity (Wildman–Crippen MR) is 249 cm³/mol. The van der Waals surface area contributed by atoms with Gasteiger partial charge in [0.05, 0.1) is 11.4 Å². The van der Waals surface area contributed by atoms with Gasteiger partial charge in [0.1, 0.15) is 0 Å². The lowest BCUT2D eigenvalue weighted by molar-refractivity contribution is 0.736. The molecule has 6 rings (SSSR count). The predicted octanol–water partition coefficient (Wildman–Crippen LogP) is 14.4. The van der Waals surface area contributed by atoms with Crippen molar-refractivity contribution >= 4 is 11.6 Å². The molecule has 0 atom stereocenters. The standard InChI is InChI=1S/C54H54N4/c1-6-27-52-43(7-2)29-18-11-9-12-19-34-46(38-39-51(41(3)4)58(52)47-35-24-16-25-36-47)53-42(5)28-17-10-8-13-26-37-48(53)55-54-56-49(44-30-20-14-21-31-44)40-50(57-54)45-32-22-15-23-33-45/h6-16,18-27,30-41H,2,17,28-29H2,1,3-5H3,(H,55,56,57)/b10-8-,12-9+,18-11+,26-13+,27-6-,34-19-,46-38+,48-37+,51-39+,52-43-,53-42+. The van der Waals surface area contributed by atoms with Crippen LogP contribution in [-0.4, -0.2) is 9.97 Å². The monoisotopic (exact) mass is 758 g/mol. The van der Waals surface area contributed by atoms with Crippen LogP contribution in [0.2, 0.25) is 0 Å². The number of aromatic nitrogens is 2. The molecule has 4 aromatic rings. The van der Waals surface area contributed by atoms with E-state index in [2.05, 4.69) is 196 Å². The third kappa shape index (κ3) is 10.7. The minimum Gasteiger partial charge on any atom is -0.324 e. The third-order valence-electron chi connectivity index (χ3n) is 9.93. The number of rotatable bonds is 9. The molecule has 0 spiro atoms. The lowest BCUT2D eigenvalue weighted by Crippen LogP contribution is -2.25. The number of hydrogen-bond acceptors (Lipinski definition) is 4. The van der Waals surface area contributed by atoms with E-state index in [9.17, 15) is 0 Å². The van der Waals surface area contributed by atoms with E-state index >= 15 is 0 Å². The molecule has 0 saturated carbocycles. The number of nitrogens with one attached hydrogen (secondary N) is 1. The van der Waals surface area contributed by atoms with Crippen LogP contribution in [0, 0.1) is 5.92 Å². The Morgan fingerprint density at radius 3 is 1.98 bits per heavy atom. The second-order valence-corrected chi connectivity index (χ2v) is 14.4. The van der Waals surface area contributed by atoms with E-state index in [1.54, 1.807) is 0 Å². The summed E-state index contributed by atoms with van der Waals surface area (Å²) in [6.07, 6.45) is 36.9. The molecule has 3 aromatic carbocycles. The quantitative estimate of drug-likeness (QED) is 0.185. The van der Waals surface area contributed by atoms with Crippen molar-refractivity contribution in [2.75, 3.05) is 10.2 Å². The van der Waals surface area contributed by atoms with Crippen molar-refractivity contribution < 1.29 is 0 Å². The summed E-state index contributed by atoms with van der Waals surface area (Å²) in [7, 11) is 0. The zero-order valence-corrected chi connectivity index (χ0v) is 34.2. The van der Waals surface area contributed by atoms with E-state index < -0.39 is 0 Å². The molecule has 4 heteroatoms. The van der Waals surface area contributed by atoms with Crippen LogP contribution in [-0.2, 0) is 0 Å². The van der Waals surface area contributed by atoms with Gasteiger partial charge in [-0.1, -0.05) is 184 Å². The fraction of sp³-hybridized carbons (Fsp3) is 0.148. The Labute approximate surface area is 346 Å². The first-order valence-electron chi connectivity index (χ1n) is 20.2. The molecular weight excluding hydrogens is 705 g/mol. The fourth-order valence-corrected chi connectivity index (χ4v) is 7.04. The lowest BCUT2D eigenvalue weighted by atomic mass is 9.92. The lowest BCUT2D eigenvalue weighted by Gasteiger charge is -2.32. The zero-order chi connectivity index (χ0) is 40.5. The molecule has 0 saturated heterocycles. The summed E-state index contributed by atoms with van der Waals surface area (Å²) in [6, 6.07) is 33.3. The zero-order valence-electron chi connectivity index (χ0n) is 34.2. The van der Waals surface area contributed by atoms with Crippen molar-refractivity contribution in [3.8, 4) is 22.5 Å². The number of anilines is 2. The number of benzene rings is 3. The highest BCUT2D eigenvalue weighted by atomic mass is 15.2. The SMILES string of the molecule is C=C/C1=C(\C=C/C)N(c2ccccc2)/C(C(C)C)=C/C=C(C2=C(/C)CC\C=C/C=C/C=C\2Nc2nc(-c3ccccc3)cc(-c3ccccc3)n2)\C=C/C=C/C=C/C1. The number of para-hydroxylation sites is 1. The molecule has 2 heterocycles. The van der Waals surface area contributed by atoms with Crippen LogP contribution in [0.4, 0.5) is 11.6 Å². The Kier molecular flexibility index (Phi) is 14.8. The summed E-state index contributed by atoms with van der Waals surface area (Å²) < 4.78 is 0. The molecule has 0 bridgehead atoms. The summed E-state index contributed by atoms with van der Waals surface area (Å²) in [4.78, 5) is 12.6. The molecule has 0 radical (unpaired) electrons. The topological polar surface area (TPSA) is 41.0 Å². The summed E-state index contributed by atoms with van der Waals surface area (Å²) in [5.74, 6) is 0.710. The number of hydrogen-bond donors (Lipinski definition) is 1. The van der Waals surface area contributed by atoms with Crippen LogP contribution in [0.25, 0.3) is 22.5 Å². The van der Waals surface area contributed by atoms with Crippen molar-refractivity contribution in [3.63, 3.8) is 0 Å². The van der Waals surface area contributed by atoms with E-state index in [0.717, 1.165) is 81.3 Å². The van der Waals surface area contributed by atoms with Crippen LogP contribution < -0.4 is 10.2 Å². The minimum atomic E-state index is 0.183. The van der Waals surface area contributed by atoms with Crippen molar-refractivity contribution in [2.24, 2.45) is 5.92 Å². The van der Waals surface area contributed by atoms with Gasteiger partial charge in [0.15, 0.2) is 0 Å². The van der Waals surface area contributed by atoms with Crippen molar-refractivity contribution in [2.45, 2.75) is 47.0 Å². The summed E-state index contributed by atoms with van der Waals surface area (Å²) in [5, 5.41) is 3.75. The molecule has 1 aliphatic heterocycles. The second kappa shape index (κ2) is 20.9. The molecule has 1 N–H and O–H groups in total. The van der Waals surface area contributed by atoms with Gasteiger partial charge >= 0.3 is 0 Å². The molecule has 1 aliphatic carbocycles. The minimum absolute atomic E-state index is 0.183. The van der Waals surface area contributed by atoms with Gasteiger partial charge in [0.25, 0.3) is 0 Å². The van der Waals surface area contributed by atoms with Crippen LogP contribution in [0.3, 0.4) is 0 Å². The van der Waals surface area contributed by atoms with Crippen LogP contribution in [0.1, 0.15) is 47.0 Å². The fourth-order valence-electron chi connectivity index (χ4n) is 7.04. The maximum Gasteiger partial charge on any atom is 0.228 e. The Balaban J connectivity index is 1.57. The molecule has 0 unspecified atom stereocenters. The van der Waals surface area contributed by atoms with Gasteiger partial charge in [-0.05, 0) is 86.6 Å².